The van der Waals surface area contributed by atoms with E-state index in [2.05, 4.69) is 15.3 Å². The SMILES string of the molecule is CCC(CC)C(=O)N=CN=C1NC(=O)C(=O)N1C(C)C. The molecule has 0 atom stereocenters. The highest BCUT2D eigenvalue weighted by molar-refractivity contribution is 6.45. The molecule has 3 amide bonds. The molecule has 0 saturated carbocycles. The molecule has 1 saturated heterocycles. The van der Waals surface area contributed by atoms with E-state index in [0.29, 0.717) is 0 Å². The minimum Gasteiger partial charge on any atom is -0.287 e. The first-order valence-electron chi connectivity index (χ1n) is 6.71. The van der Waals surface area contributed by atoms with Crippen LogP contribution in [0.3, 0.4) is 0 Å². The Hall–Kier alpha value is -2.05. The number of amides is 3. The van der Waals surface area contributed by atoms with Crippen molar-refractivity contribution in [3.63, 3.8) is 0 Å². The van der Waals surface area contributed by atoms with Gasteiger partial charge in [0, 0.05) is 12.0 Å². The Balaban J connectivity index is 2.81. The van der Waals surface area contributed by atoms with Gasteiger partial charge < -0.3 is 0 Å². The zero-order valence-corrected chi connectivity index (χ0v) is 12.2. The Kier molecular flexibility index (Phi) is 5.54. The number of nitrogens with one attached hydrogen (secondary N) is 1. The standard InChI is InChI=1S/C13H20N4O3/c1-5-9(6-2)10(18)14-7-15-13-16-11(19)12(20)17(13)8(3)4/h7-9H,5-6H2,1-4H3,(H,14,15,16,18,19). The molecule has 0 aromatic carbocycles. The molecular formula is C13H20N4O3. The van der Waals surface area contributed by atoms with Crippen LogP contribution in [-0.2, 0) is 14.4 Å². The van der Waals surface area contributed by atoms with Crippen LogP contribution in [0.15, 0.2) is 9.98 Å². The molecular weight excluding hydrogens is 260 g/mol. The summed E-state index contributed by atoms with van der Waals surface area (Å²) in [6.07, 6.45) is 2.53. The van der Waals surface area contributed by atoms with Crippen LogP contribution in [0.1, 0.15) is 40.5 Å². The molecule has 1 rings (SSSR count). The van der Waals surface area contributed by atoms with Gasteiger partial charge >= 0.3 is 11.8 Å². The molecule has 0 radical (unpaired) electrons. The summed E-state index contributed by atoms with van der Waals surface area (Å²) < 4.78 is 0. The van der Waals surface area contributed by atoms with Crippen LogP contribution in [0, 0.1) is 5.92 Å². The van der Waals surface area contributed by atoms with E-state index >= 15 is 0 Å². The second-order valence-electron chi connectivity index (χ2n) is 4.77. The molecule has 0 bridgehead atoms. The number of aliphatic imine (C=N–C) groups is 2. The van der Waals surface area contributed by atoms with Crippen LogP contribution in [0.2, 0.25) is 0 Å². The first-order valence-corrected chi connectivity index (χ1v) is 6.71. The Morgan fingerprint density at radius 2 is 1.90 bits per heavy atom. The highest BCUT2D eigenvalue weighted by Crippen LogP contribution is 2.09. The molecule has 7 nitrogen and oxygen atoms in total. The van der Waals surface area contributed by atoms with E-state index in [1.807, 2.05) is 13.8 Å². The van der Waals surface area contributed by atoms with E-state index < -0.39 is 11.8 Å². The van der Waals surface area contributed by atoms with Crippen molar-refractivity contribution in [1.29, 1.82) is 0 Å². The zero-order valence-electron chi connectivity index (χ0n) is 12.2. The lowest BCUT2D eigenvalue weighted by atomic mass is 10.0. The van der Waals surface area contributed by atoms with Crippen molar-refractivity contribution in [3.05, 3.63) is 0 Å². The summed E-state index contributed by atoms with van der Waals surface area (Å²) in [6, 6.07) is -0.205. The summed E-state index contributed by atoms with van der Waals surface area (Å²) in [5, 5.41) is 2.35. The highest BCUT2D eigenvalue weighted by Gasteiger charge is 2.36. The number of rotatable bonds is 5. The average Bonchev–Trinajstić information content (AvgIpc) is 2.66. The maximum absolute atomic E-state index is 11.7. The van der Waals surface area contributed by atoms with E-state index in [0.717, 1.165) is 19.2 Å². The third-order valence-electron chi connectivity index (χ3n) is 3.08. The van der Waals surface area contributed by atoms with Crippen molar-refractivity contribution in [3.8, 4) is 0 Å². The molecule has 0 aromatic heterocycles. The summed E-state index contributed by atoms with van der Waals surface area (Å²) in [5.74, 6) is -1.63. The van der Waals surface area contributed by atoms with Gasteiger partial charge in [-0.25, -0.2) is 9.98 Å². The summed E-state index contributed by atoms with van der Waals surface area (Å²) in [6.45, 7) is 7.37. The zero-order chi connectivity index (χ0) is 15.3. The maximum Gasteiger partial charge on any atom is 0.319 e. The maximum atomic E-state index is 11.7. The number of nitrogens with zero attached hydrogens (tertiary/aromatic N) is 3. The van der Waals surface area contributed by atoms with Crippen molar-refractivity contribution < 1.29 is 14.4 Å². The van der Waals surface area contributed by atoms with Crippen LogP contribution >= 0.6 is 0 Å². The first kappa shape index (κ1) is 16.0. The largest absolute Gasteiger partial charge is 0.319 e. The van der Waals surface area contributed by atoms with Crippen LogP contribution in [0.4, 0.5) is 0 Å². The Labute approximate surface area is 118 Å². The molecule has 0 unspecified atom stereocenters. The fourth-order valence-electron chi connectivity index (χ4n) is 1.88. The normalized spacial score (nSPS) is 17.9. The van der Waals surface area contributed by atoms with Crippen LogP contribution in [0.25, 0.3) is 0 Å². The van der Waals surface area contributed by atoms with E-state index in [1.165, 1.54) is 4.90 Å². The first-order chi connectivity index (χ1) is 9.42. The van der Waals surface area contributed by atoms with Crippen molar-refractivity contribution in [2.45, 2.75) is 46.6 Å². The Morgan fingerprint density at radius 1 is 1.30 bits per heavy atom. The molecule has 1 fully saturated rings. The lowest BCUT2D eigenvalue weighted by molar-refractivity contribution is -0.140. The highest BCUT2D eigenvalue weighted by atomic mass is 16.2. The summed E-state index contributed by atoms with van der Waals surface area (Å²) >= 11 is 0. The van der Waals surface area contributed by atoms with Crippen LogP contribution in [0.5, 0.6) is 0 Å². The van der Waals surface area contributed by atoms with Gasteiger partial charge in [0.05, 0.1) is 0 Å². The van der Waals surface area contributed by atoms with Gasteiger partial charge in [-0.1, -0.05) is 13.8 Å². The average molecular weight is 280 g/mol. The van der Waals surface area contributed by atoms with Crippen molar-refractivity contribution in [2.75, 3.05) is 0 Å². The topological polar surface area (TPSA) is 91.2 Å². The van der Waals surface area contributed by atoms with Crippen LogP contribution < -0.4 is 5.32 Å². The quantitative estimate of drug-likeness (QED) is 0.456. The molecule has 1 aliphatic rings. The third kappa shape index (κ3) is 3.49. The summed E-state index contributed by atoms with van der Waals surface area (Å²) in [4.78, 5) is 43.4. The molecule has 1 N–H and O–H groups in total. The van der Waals surface area contributed by atoms with Gasteiger partial charge in [0.1, 0.15) is 6.34 Å². The third-order valence-corrected chi connectivity index (χ3v) is 3.08. The lowest BCUT2D eigenvalue weighted by Gasteiger charge is -2.17. The smallest absolute Gasteiger partial charge is 0.287 e. The minimum atomic E-state index is -0.725. The van der Waals surface area contributed by atoms with Gasteiger partial charge in [0.15, 0.2) is 0 Å². The van der Waals surface area contributed by atoms with E-state index in [-0.39, 0.29) is 23.8 Å². The van der Waals surface area contributed by atoms with E-state index in [9.17, 15) is 14.4 Å². The lowest BCUT2D eigenvalue weighted by Crippen LogP contribution is -2.38. The molecule has 1 heterocycles. The number of guanidine groups is 1. The molecule has 0 aliphatic carbocycles. The van der Waals surface area contributed by atoms with Gasteiger partial charge in [-0.2, -0.15) is 0 Å². The Morgan fingerprint density at radius 3 is 2.40 bits per heavy atom. The summed E-state index contributed by atoms with van der Waals surface area (Å²) in [5.41, 5.74) is 0. The fourth-order valence-corrected chi connectivity index (χ4v) is 1.88. The molecule has 0 spiro atoms. The second-order valence-corrected chi connectivity index (χ2v) is 4.77. The number of carbonyl (C=O) groups is 3. The van der Waals surface area contributed by atoms with Crippen molar-refractivity contribution in [1.82, 2.24) is 10.2 Å². The van der Waals surface area contributed by atoms with E-state index in [1.54, 1.807) is 13.8 Å². The molecule has 20 heavy (non-hydrogen) atoms. The Bertz CT molecular complexity index is 464. The second kappa shape index (κ2) is 6.93. The molecule has 7 heteroatoms. The van der Waals surface area contributed by atoms with Gasteiger partial charge in [-0.05, 0) is 26.7 Å². The van der Waals surface area contributed by atoms with Gasteiger partial charge in [0.25, 0.3) is 0 Å². The monoisotopic (exact) mass is 280 g/mol. The van der Waals surface area contributed by atoms with Gasteiger partial charge in [0.2, 0.25) is 11.9 Å². The predicted octanol–water partition coefficient (Wildman–Crippen LogP) is 0.700. The molecule has 110 valence electrons. The van der Waals surface area contributed by atoms with Gasteiger partial charge in [-0.3, -0.25) is 24.6 Å². The number of hydrogen-bond acceptors (Lipinski definition) is 3. The molecule has 1 aliphatic heterocycles. The van der Waals surface area contributed by atoms with Crippen LogP contribution in [-0.4, -0.2) is 41.0 Å². The van der Waals surface area contributed by atoms with Crippen molar-refractivity contribution in [2.24, 2.45) is 15.9 Å². The van der Waals surface area contributed by atoms with E-state index in [4.69, 9.17) is 0 Å². The fraction of sp³-hybridized carbons (Fsp3) is 0.615. The minimum absolute atomic E-state index is 0.107. The summed E-state index contributed by atoms with van der Waals surface area (Å²) in [7, 11) is 0. The molecule has 0 aromatic rings. The number of carbonyl (C=O) groups excluding carboxylic acids is 3. The number of hydrogen-bond donors (Lipinski definition) is 1. The van der Waals surface area contributed by atoms with Gasteiger partial charge in [-0.15, -0.1) is 0 Å². The predicted molar refractivity (Wildman–Crippen MR) is 75.1 cm³/mol. The van der Waals surface area contributed by atoms with Crippen molar-refractivity contribution >= 4 is 30.0 Å².